The van der Waals surface area contributed by atoms with Gasteiger partial charge in [0.15, 0.2) is 0 Å². The zero-order valence-corrected chi connectivity index (χ0v) is 10.9. The summed E-state index contributed by atoms with van der Waals surface area (Å²) in [6.07, 6.45) is 1.98. The molecule has 2 aromatic heterocycles. The highest BCUT2D eigenvalue weighted by atomic mass is 19.4. The number of rotatable bonds is 4. The standard InChI is InChI=1S/C14H14F3N3/c1-13(20-10-14(15,16)17,11-4-2-6-18-8-11)12-5-3-7-19-9-12/h2-9,20H,10H2,1H3. The highest BCUT2D eigenvalue weighted by Gasteiger charge is 2.35. The van der Waals surface area contributed by atoms with Gasteiger partial charge in [0.25, 0.3) is 0 Å². The molecule has 3 nitrogen and oxygen atoms in total. The molecule has 2 rings (SSSR count). The number of alkyl halides is 3. The lowest BCUT2D eigenvalue weighted by molar-refractivity contribution is -0.127. The number of hydrogen-bond acceptors (Lipinski definition) is 3. The van der Waals surface area contributed by atoms with Crippen LogP contribution in [0.1, 0.15) is 18.1 Å². The van der Waals surface area contributed by atoms with Crippen LogP contribution in [0.25, 0.3) is 0 Å². The largest absolute Gasteiger partial charge is 0.401 e. The predicted octanol–water partition coefficient (Wildman–Crippen LogP) is 2.89. The van der Waals surface area contributed by atoms with E-state index in [9.17, 15) is 13.2 Å². The zero-order chi connectivity index (χ0) is 14.6. The number of pyridine rings is 2. The van der Waals surface area contributed by atoms with E-state index in [0.29, 0.717) is 11.1 Å². The van der Waals surface area contributed by atoms with Crippen molar-refractivity contribution in [3.8, 4) is 0 Å². The topological polar surface area (TPSA) is 37.8 Å². The first kappa shape index (κ1) is 14.5. The Labute approximate surface area is 114 Å². The molecular weight excluding hydrogens is 267 g/mol. The Morgan fingerprint density at radius 3 is 1.85 bits per heavy atom. The Morgan fingerprint density at radius 2 is 1.50 bits per heavy atom. The fourth-order valence-corrected chi connectivity index (χ4v) is 1.96. The highest BCUT2D eigenvalue weighted by Crippen LogP contribution is 2.29. The molecule has 0 aliphatic rings. The minimum Gasteiger partial charge on any atom is -0.296 e. The van der Waals surface area contributed by atoms with Crippen LogP contribution in [-0.4, -0.2) is 22.7 Å². The van der Waals surface area contributed by atoms with Gasteiger partial charge in [0.1, 0.15) is 0 Å². The number of nitrogens with zero attached hydrogens (tertiary/aromatic N) is 2. The van der Waals surface area contributed by atoms with Crippen LogP contribution in [0.3, 0.4) is 0 Å². The number of halogens is 3. The molecule has 0 radical (unpaired) electrons. The van der Waals surface area contributed by atoms with Gasteiger partial charge in [-0.1, -0.05) is 12.1 Å². The lowest BCUT2D eigenvalue weighted by Gasteiger charge is -2.32. The second-order valence-corrected chi connectivity index (χ2v) is 4.58. The fourth-order valence-electron chi connectivity index (χ4n) is 1.96. The molecule has 0 fully saturated rings. The van der Waals surface area contributed by atoms with Crippen molar-refractivity contribution in [2.45, 2.75) is 18.6 Å². The van der Waals surface area contributed by atoms with Gasteiger partial charge in [0.2, 0.25) is 0 Å². The summed E-state index contributed by atoms with van der Waals surface area (Å²) in [5, 5.41) is 2.56. The van der Waals surface area contributed by atoms with Crippen molar-refractivity contribution < 1.29 is 13.2 Å². The summed E-state index contributed by atoms with van der Waals surface area (Å²) in [5.74, 6) is 0. The van der Waals surface area contributed by atoms with Crippen LogP contribution in [-0.2, 0) is 5.54 Å². The van der Waals surface area contributed by atoms with Crippen molar-refractivity contribution in [2.75, 3.05) is 6.54 Å². The van der Waals surface area contributed by atoms with Crippen LogP contribution in [0, 0.1) is 0 Å². The van der Waals surface area contributed by atoms with Crippen LogP contribution in [0.5, 0.6) is 0 Å². The molecule has 0 saturated heterocycles. The van der Waals surface area contributed by atoms with Crippen LogP contribution in [0.2, 0.25) is 0 Å². The van der Waals surface area contributed by atoms with Crippen LogP contribution in [0.4, 0.5) is 13.2 Å². The summed E-state index contributed by atoms with van der Waals surface area (Å²) in [7, 11) is 0. The summed E-state index contributed by atoms with van der Waals surface area (Å²) in [4.78, 5) is 7.96. The number of aromatic nitrogens is 2. The van der Waals surface area contributed by atoms with Crippen molar-refractivity contribution >= 4 is 0 Å². The van der Waals surface area contributed by atoms with E-state index in [1.165, 1.54) is 0 Å². The van der Waals surface area contributed by atoms with Crippen molar-refractivity contribution in [1.82, 2.24) is 15.3 Å². The minimum atomic E-state index is -4.29. The molecule has 0 saturated carbocycles. The summed E-state index contributed by atoms with van der Waals surface area (Å²) in [6.45, 7) is 0.597. The maximum atomic E-state index is 12.5. The molecule has 0 amide bonds. The van der Waals surface area contributed by atoms with Gasteiger partial charge >= 0.3 is 6.18 Å². The lowest BCUT2D eigenvalue weighted by atomic mass is 9.86. The molecule has 1 N–H and O–H groups in total. The van der Waals surface area contributed by atoms with E-state index in [0.717, 1.165) is 0 Å². The first-order chi connectivity index (χ1) is 9.42. The Balaban J connectivity index is 2.39. The number of hydrogen-bond donors (Lipinski definition) is 1. The third-order valence-electron chi connectivity index (χ3n) is 3.12. The van der Waals surface area contributed by atoms with E-state index < -0.39 is 18.3 Å². The molecule has 6 heteroatoms. The molecule has 0 aliphatic heterocycles. The molecule has 2 aromatic rings. The Hall–Kier alpha value is -1.95. The maximum Gasteiger partial charge on any atom is 0.401 e. The Kier molecular flexibility index (Phi) is 4.04. The van der Waals surface area contributed by atoms with Gasteiger partial charge < -0.3 is 0 Å². The average Bonchev–Trinajstić information content (AvgIpc) is 2.46. The van der Waals surface area contributed by atoms with Gasteiger partial charge in [-0.05, 0) is 30.2 Å². The fraction of sp³-hybridized carbons (Fsp3) is 0.286. The molecule has 0 bridgehead atoms. The van der Waals surface area contributed by atoms with Gasteiger partial charge in [-0.3, -0.25) is 15.3 Å². The van der Waals surface area contributed by atoms with Gasteiger partial charge in [0.05, 0.1) is 12.1 Å². The van der Waals surface area contributed by atoms with E-state index >= 15 is 0 Å². The lowest BCUT2D eigenvalue weighted by Crippen LogP contribution is -2.45. The normalized spacial score (nSPS) is 12.4. The molecule has 106 valence electrons. The third kappa shape index (κ3) is 3.33. The molecular formula is C14H14F3N3. The van der Waals surface area contributed by atoms with Gasteiger partial charge in [0, 0.05) is 24.8 Å². The molecule has 0 spiro atoms. The first-order valence-electron chi connectivity index (χ1n) is 6.04. The maximum absolute atomic E-state index is 12.5. The molecule has 0 unspecified atom stereocenters. The van der Waals surface area contributed by atoms with Crippen molar-refractivity contribution in [3.63, 3.8) is 0 Å². The SMILES string of the molecule is CC(NCC(F)(F)F)(c1cccnc1)c1cccnc1. The van der Waals surface area contributed by atoms with E-state index in [4.69, 9.17) is 0 Å². The van der Waals surface area contributed by atoms with Crippen LogP contribution in [0.15, 0.2) is 49.1 Å². The molecule has 0 aliphatic carbocycles. The average molecular weight is 281 g/mol. The summed E-state index contributed by atoms with van der Waals surface area (Å²) < 4.78 is 37.6. The van der Waals surface area contributed by atoms with Gasteiger partial charge in [-0.2, -0.15) is 13.2 Å². The van der Waals surface area contributed by atoms with Crippen LogP contribution >= 0.6 is 0 Å². The zero-order valence-electron chi connectivity index (χ0n) is 10.9. The Morgan fingerprint density at radius 1 is 1.00 bits per heavy atom. The van der Waals surface area contributed by atoms with E-state index in [1.54, 1.807) is 56.0 Å². The quantitative estimate of drug-likeness (QED) is 0.936. The molecule has 2 heterocycles. The molecule has 0 aromatic carbocycles. The van der Waals surface area contributed by atoms with Crippen molar-refractivity contribution in [2.24, 2.45) is 0 Å². The molecule has 20 heavy (non-hydrogen) atoms. The molecule has 0 atom stereocenters. The summed E-state index contributed by atoms with van der Waals surface area (Å²) in [5.41, 5.74) is 0.299. The predicted molar refractivity (Wildman–Crippen MR) is 69.0 cm³/mol. The summed E-state index contributed by atoms with van der Waals surface area (Å²) in [6, 6.07) is 6.87. The monoisotopic (exact) mass is 281 g/mol. The van der Waals surface area contributed by atoms with Crippen LogP contribution < -0.4 is 5.32 Å². The van der Waals surface area contributed by atoms with E-state index in [-0.39, 0.29) is 0 Å². The van der Waals surface area contributed by atoms with Gasteiger partial charge in [-0.15, -0.1) is 0 Å². The van der Waals surface area contributed by atoms with Gasteiger partial charge in [-0.25, -0.2) is 0 Å². The highest BCUT2D eigenvalue weighted by molar-refractivity contribution is 5.34. The summed E-state index contributed by atoms with van der Waals surface area (Å²) >= 11 is 0. The first-order valence-corrected chi connectivity index (χ1v) is 6.04. The Bertz CT molecular complexity index is 501. The van der Waals surface area contributed by atoms with E-state index in [1.807, 2.05) is 0 Å². The smallest absolute Gasteiger partial charge is 0.296 e. The van der Waals surface area contributed by atoms with E-state index in [2.05, 4.69) is 15.3 Å². The second-order valence-electron chi connectivity index (χ2n) is 4.58. The van der Waals surface area contributed by atoms with Crippen molar-refractivity contribution in [1.29, 1.82) is 0 Å². The minimum absolute atomic E-state index is 0.650. The number of nitrogens with one attached hydrogen (secondary N) is 1. The second kappa shape index (κ2) is 5.58. The third-order valence-corrected chi connectivity index (χ3v) is 3.12. The van der Waals surface area contributed by atoms with Crippen molar-refractivity contribution in [3.05, 3.63) is 60.2 Å².